The fourth-order valence-electron chi connectivity index (χ4n) is 11.6. The van der Waals surface area contributed by atoms with Crippen molar-refractivity contribution in [3.8, 4) is 22.5 Å². The third kappa shape index (κ3) is 7.12. The van der Waals surface area contributed by atoms with Gasteiger partial charge >= 0.3 is 0 Å². The average Bonchev–Trinajstić information content (AvgIpc) is 4.09. The molecule has 0 aliphatic rings. The van der Waals surface area contributed by atoms with Gasteiger partial charge in [-0.1, -0.05) is 170 Å². The van der Waals surface area contributed by atoms with E-state index < -0.39 is 0 Å². The second-order valence-corrected chi connectivity index (χ2v) is 20.6. The van der Waals surface area contributed by atoms with Gasteiger partial charge in [-0.25, -0.2) is 0 Å². The second kappa shape index (κ2) is 17.2. The smallest absolute Gasteiger partial charge is 0.0735 e. The minimum absolute atomic E-state index is 0.227. The highest BCUT2D eigenvalue weighted by Crippen LogP contribution is 2.45. The number of aromatic nitrogens is 2. The van der Waals surface area contributed by atoms with Crippen LogP contribution in [0, 0.1) is 0 Å². The quantitative estimate of drug-likeness (QED) is 0.135. The van der Waals surface area contributed by atoms with Crippen molar-refractivity contribution in [2.45, 2.75) is 26.8 Å². The van der Waals surface area contributed by atoms with Gasteiger partial charge in [0.05, 0.1) is 33.8 Å². The van der Waals surface area contributed by atoms with E-state index in [2.05, 4.69) is 266 Å². The molecule has 0 N–H and O–H groups in total. The third-order valence-corrected chi connectivity index (χ3v) is 16.4. The van der Waals surface area contributed by atoms with E-state index in [1.807, 2.05) is 11.3 Å². The maximum absolute atomic E-state index is 5.96. The topological polar surface area (TPSA) is 22.2 Å². The molecule has 346 valence electrons. The van der Waals surface area contributed by atoms with E-state index in [0.29, 0.717) is 0 Å². The molecule has 0 aliphatic carbocycles. The van der Waals surface area contributed by atoms with Crippen molar-refractivity contribution in [3.63, 3.8) is 0 Å². The maximum Gasteiger partial charge on any atom is 0.0735 e. The van der Waals surface area contributed by atoms with Gasteiger partial charge in [0.2, 0.25) is 0 Å². The van der Waals surface area contributed by atoms with E-state index in [1.54, 1.807) is 0 Å². The lowest BCUT2D eigenvalue weighted by Crippen LogP contribution is -2.08. The van der Waals surface area contributed by atoms with Crippen molar-refractivity contribution >= 4 is 108 Å². The van der Waals surface area contributed by atoms with Gasteiger partial charge in [-0.15, -0.1) is 11.3 Å². The molecule has 0 saturated heterocycles. The van der Waals surface area contributed by atoms with Crippen LogP contribution in [0.25, 0.3) is 113 Å². The van der Waals surface area contributed by atoms with E-state index in [4.69, 9.17) is 4.99 Å². The zero-order valence-corrected chi connectivity index (χ0v) is 41.7. The van der Waals surface area contributed by atoms with Crippen LogP contribution in [0.3, 0.4) is 0 Å². The minimum Gasteiger partial charge on any atom is -0.309 e. The predicted octanol–water partition coefficient (Wildman–Crippen LogP) is 19.3. The van der Waals surface area contributed by atoms with Crippen LogP contribution in [0.4, 0.5) is 0 Å². The number of hydrogen-bond acceptors (Lipinski definition) is 2. The van der Waals surface area contributed by atoms with Crippen molar-refractivity contribution in [1.29, 1.82) is 0 Å². The van der Waals surface area contributed by atoms with Gasteiger partial charge in [0, 0.05) is 58.7 Å². The maximum atomic E-state index is 5.96. The van der Waals surface area contributed by atoms with E-state index in [-0.39, 0.29) is 6.04 Å². The van der Waals surface area contributed by atoms with Crippen LogP contribution in [-0.2, 0) is 0 Å². The Morgan fingerprint density at radius 1 is 0.397 bits per heavy atom. The molecule has 0 bridgehead atoms. The van der Waals surface area contributed by atoms with Crippen molar-refractivity contribution in [3.05, 3.63) is 259 Å². The molecule has 4 heteroatoms. The highest BCUT2D eigenvalue weighted by atomic mass is 32.1. The highest BCUT2D eigenvalue weighted by Gasteiger charge is 2.22. The van der Waals surface area contributed by atoms with Gasteiger partial charge in [0.25, 0.3) is 0 Å². The summed E-state index contributed by atoms with van der Waals surface area (Å²) < 4.78 is 7.43. The number of hydrogen-bond donors (Lipinski definition) is 0. The summed E-state index contributed by atoms with van der Waals surface area (Å²) in [5.41, 5.74) is 16.2. The zero-order valence-electron chi connectivity index (χ0n) is 40.8. The van der Waals surface area contributed by atoms with Crippen LogP contribution < -0.4 is 0 Å². The van der Waals surface area contributed by atoms with Crippen molar-refractivity contribution < 1.29 is 0 Å². The normalized spacial score (nSPS) is 13.1. The molecule has 1 unspecified atom stereocenters. The predicted molar refractivity (Wildman–Crippen MR) is 315 cm³/mol. The summed E-state index contributed by atoms with van der Waals surface area (Å²) in [6, 6.07) is 86.7. The lowest BCUT2D eigenvalue weighted by atomic mass is 9.93. The summed E-state index contributed by atoms with van der Waals surface area (Å²) >= 11 is 1.88. The van der Waals surface area contributed by atoms with Crippen LogP contribution in [-0.4, -0.2) is 14.8 Å². The number of aliphatic imine (C=N–C) groups is 1. The molecule has 0 spiro atoms. The first kappa shape index (κ1) is 43.0. The fraction of sp³-hybridized carbons (Fsp3) is 0.0580. The van der Waals surface area contributed by atoms with Crippen LogP contribution in [0.15, 0.2) is 247 Å². The summed E-state index contributed by atoms with van der Waals surface area (Å²) in [6.45, 7) is 6.84. The summed E-state index contributed by atoms with van der Waals surface area (Å²) in [7, 11) is 0. The Balaban J connectivity index is 1.00. The van der Waals surface area contributed by atoms with Gasteiger partial charge in [0.1, 0.15) is 0 Å². The summed E-state index contributed by atoms with van der Waals surface area (Å²) in [5, 5.41) is 12.5. The fourth-order valence-corrected chi connectivity index (χ4v) is 12.8. The SMILES string of the molecule is CC(/C(=N\C(C)c1cc(-n2c3ccccc3c3cc4ccccc4cc32)cc2sc3cc4ccccc4cc3c12)c1ccc(-c2ccccc2)cc1)=C(/C)c1ccc2c3ccccc3n(-c3ccccc3)c2c1. The van der Waals surface area contributed by atoms with Crippen LogP contribution >= 0.6 is 11.3 Å². The van der Waals surface area contributed by atoms with Crippen molar-refractivity contribution in [2.24, 2.45) is 4.99 Å². The van der Waals surface area contributed by atoms with E-state index in [9.17, 15) is 0 Å². The number of benzene rings is 11. The highest BCUT2D eigenvalue weighted by molar-refractivity contribution is 7.26. The first-order chi connectivity index (χ1) is 35.9. The van der Waals surface area contributed by atoms with Crippen LogP contribution in [0.1, 0.15) is 43.5 Å². The number of para-hydroxylation sites is 3. The lowest BCUT2D eigenvalue weighted by Gasteiger charge is -2.19. The molecule has 14 aromatic rings. The Morgan fingerprint density at radius 2 is 0.918 bits per heavy atom. The second-order valence-electron chi connectivity index (χ2n) is 19.5. The molecule has 0 aliphatic heterocycles. The molecule has 1 atom stereocenters. The molecule has 0 fully saturated rings. The molecular weight excluding hydrogens is 903 g/mol. The molecule has 73 heavy (non-hydrogen) atoms. The van der Waals surface area contributed by atoms with Gasteiger partial charge in [-0.2, -0.15) is 0 Å². The molecular formula is C69H49N3S. The largest absolute Gasteiger partial charge is 0.309 e. The van der Waals surface area contributed by atoms with Crippen LogP contribution in [0.5, 0.6) is 0 Å². The molecule has 0 saturated carbocycles. The number of allylic oxidation sites excluding steroid dienone is 2. The van der Waals surface area contributed by atoms with Crippen molar-refractivity contribution in [2.75, 3.05) is 0 Å². The summed E-state index contributed by atoms with van der Waals surface area (Å²) in [5.74, 6) is 0. The van der Waals surface area contributed by atoms with Crippen molar-refractivity contribution in [1.82, 2.24) is 9.13 Å². The Bertz CT molecular complexity index is 4570. The van der Waals surface area contributed by atoms with Gasteiger partial charge < -0.3 is 9.13 Å². The molecule has 3 nitrogen and oxygen atoms in total. The van der Waals surface area contributed by atoms with Gasteiger partial charge in [-0.3, -0.25) is 4.99 Å². The van der Waals surface area contributed by atoms with Gasteiger partial charge in [0.15, 0.2) is 0 Å². The number of fused-ring (bicyclic) bond motifs is 11. The number of nitrogens with zero attached hydrogens (tertiary/aromatic N) is 3. The molecule has 3 heterocycles. The van der Waals surface area contributed by atoms with E-state index >= 15 is 0 Å². The summed E-state index contributed by atoms with van der Waals surface area (Å²) in [6.07, 6.45) is 0. The zero-order chi connectivity index (χ0) is 48.7. The Kier molecular flexibility index (Phi) is 10.1. The van der Waals surface area contributed by atoms with Gasteiger partial charge in [-0.05, 0) is 142 Å². The lowest BCUT2D eigenvalue weighted by molar-refractivity contribution is 0.828. The Hall–Kier alpha value is -8.83. The van der Waals surface area contributed by atoms with E-state index in [1.165, 1.54) is 113 Å². The number of thiophene rings is 1. The molecule has 14 rings (SSSR count). The third-order valence-electron chi connectivity index (χ3n) is 15.3. The monoisotopic (exact) mass is 951 g/mol. The Labute approximate surface area is 427 Å². The summed E-state index contributed by atoms with van der Waals surface area (Å²) in [4.78, 5) is 5.96. The first-order valence-electron chi connectivity index (χ1n) is 25.3. The Morgan fingerprint density at radius 3 is 1.62 bits per heavy atom. The van der Waals surface area contributed by atoms with E-state index in [0.717, 1.165) is 28.2 Å². The number of rotatable bonds is 8. The molecule has 11 aromatic carbocycles. The van der Waals surface area contributed by atoms with Crippen LogP contribution in [0.2, 0.25) is 0 Å². The minimum atomic E-state index is -0.227. The molecule has 3 aromatic heterocycles. The average molecular weight is 952 g/mol. The molecule has 0 radical (unpaired) electrons. The standard InChI is InChI=1S/C69H49N3S/c1-43(49-34-35-58-56-26-14-16-28-62(56)71(64(58)38-49)54-24-8-5-9-25-54)44(2)69(48-32-30-47(31-33-48)46-18-6-4-7-19-46)70-45(3)59-41-55(42-67-68(59)61-37-51-21-11-13-23-53(51)40-66(61)73-67)72-63-29-17-15-27-57(63)60-36-50-20-10-12-22-52(50)39-65(60)72/h4-42,45H,1-3H3/b44-43+,70-69+. The first-order valence-corrected chi connectivity index (χ1v) is 26.1. The molecule has 0 amide bonds.